The third kappa shape index (κ3) is 7.22. The van der Waals surface area contributed by atoms with Crippen molar-refractivity contribution in [3.8, 4) is 0 Å². The van der Waals surface area contributed by atoms with E-state index in [-0.39, 0.29) is 24.8 Å². The molecule has 0 spiro atoms. The molecule has 0 heterocycles. The molecule has 0 aliphatic rings. The zero-order valence-corrected chi connectivity index (χ0v) is 11.8. The number of benzene rings is 1. The monoisotopic (exact) mass is 292 g/mol. The molecule has 21 heavy (non-hydrogen) atoms. The van der Waals surface area contributed by atoms with E-state index < -0.39 is 0 Å². The van der Waals surface area contributed by atoms with Crippen molar-refractivity contribution in [2.24, 2.45) is 0 Å². The molecule has 6 heteroatoms. The van der Waals surface area contributed by atoms with Crippen LogP contribution in [0.1, 0.15) is 24.8 Å². The van der Waals surface area contributed by atoms with E-state index in [1.165, 1.54) is 0 Å². The van der Waals surface area contributed by atoms with Gasteiger partial charge in [0.05, 0.1) is 13.0 Å². The lowest BCUT2D eigenvalue weighted by Crippen LogP contribution is -2.24. The van der Waals surface area contributed by atoms with Crippen molar-refractivity contribution in [1.82, 2.24) is 5.32 Å². The molecule has 3 N–H and O–H groups in total. The average molecular weight is 292 g/mol. The SMILES string of the molecule is O=CCCNC(=O)CCc1ccc(NC(=O)CCO)cc1. The van der Waals surface area contributed by atoms with Crippen molar-refractivity contribution >= 4 is 23.8 Å². The van der Waals surface area contributed by atoms with Crippen molar-refractivity contribution in [3.05, 3.63) is 29.8 Å². The van der Waals surface area contributed by atoms with Gasteiger partial charge in [0.1, 0.15) is 6.29 Å². The normalized spacial score (nSPS) is 9.95. The Labute approximate surface area is 123 Å². The maximum atomic E-state index is 11.5. The minimum absolute atomic E-state index is 0.0721. The van der Waals surface area contributed by atoms with Crippen LogP contribution in [0.25, 0.3) is 0 Å². The molecule has 1 rings (SSSR count). The van der Waals surface area contributed by atoms with Gasteiger partial charge in [0.15, 0.2) is 0 Å². The molecule has 0 saturated carbocycles. The van der Waals surface area contributed by atoms with Crippen molar-refractivity contribution in [2.75, 3.05) is 18.5 Å². The highest BCUT2D eigenvalue weighted by atomic mass is 16.3. The zero-order chi connectivity index (χ0) is 15.5. The summed E-state index contributed by atoms with van der Waals surface area (Å²) in [5.74, 6) is -0.322. The second kappa shape index (κ2) is 9.66. The van der Waals surface area contributed by atoms with Crippen LogP contribution in [-0.2, 0) is 20.8 Å². The van der Waals surface area contributed by atoms with E-state index in [1.54, 1.807) is 12.1 Å². The minimum atomic E-state index is -0.236. The minimum Gasteiger partial charge on any atom is -0.396 e. The highest BCUT2D eigenvalue weighted by Crippen LogP contribution is 2.11. The molecule has 0 unspecified atom stereocenters. The summed E-state index contributed by atoms with van der Waals surface area (Å²) < 4.78 is 0. The van der Waals surface area contributed by atoms with Crippen molar-refractivity contribution in [1.29, 1.82) is 0 Å². The van der Waals surface area contributed by atoms with E-state index in [9.17, 15) is 14.4 Å². The number of aldehydes is 1. The van der Waals surface area contributed by atoms with Gasteiger partial charge in [-0.05, 0) is 24.1 Å². The van der Waals surface area contributed by atoms with Crippen molar-refractivity contribution < 1.29 is 19.5 Å². The second-order valence-corrected chi connectivity index (χ2v) is 4.52. The quantitative estimate of drug-likeness (QED) is 0.460. The van der Waals surface area contributed by atoms with E-state index >= 15 is 0 Å². The molecular formula is C15H20N2O4. The van der Waals surface area contributed by atoms with Crippen LogP contribution >= 0.6 is 0 Å². The summed E-state index contributed by atoms with van der Waals surface area (Å²) >= 11 is 0. The molecule has 6 nitrogen and oxygen atoms in total. The van der Waals surface area contributed by atoms with Crippen LogP contribution in [0.4, 0.5) is 5.69 Å². The molecule has 0 aliphatic heterocycles. The summed E-state index contributed by atoms with van der Waals surface area (Å²) in [6.45, 7) is 0.196. The van der Waals surface area contributed by atoms with Gasteiger partial charge in [-0.1, -0.05) is 12.1 Å². The van der Waals surface area contributed by atoms with Gasteiger partial charge >= 0.3 is 0 Å². The summed E-state index contributed by atoms with van der Waals surface area (Å²) in [7, 11) is 0. The first-order valence-electron chi connectivity index (χ1n) is 6.85. The van der Waals surface area contributed by atoms with E-state index in [0.717, 1.165) is 11.8 Å². The fourth-order valence-corrected chi connectivity index (χ4v) is 1.70. The fraction of sp³-hybridized carbons (Fsp3) is 0.400. The van der Waals surface area contributed by atoms with Crippen LogP contribution in [0.5, 0.6) is 0 Å². The molecule has 0 aromatic heterocycles. The number of carbonyl (C=O) groups excluding carboxylic acids is 3. The third-order valence-electron chi connectivity index (χ3n) is 2.80. The standard InChI is InChI=1S/C15H20N2O4/c18-10-1-9-16-14(20)7-4-12-2-5-13(6-3-12)17-15(21)8-11-19/h2-3,5-6,10,19H,1,4,7-9,11H2,(H,16,20)(H,17,21). The molecular weight excluding hydrogens is 272 g/mol. The topological polar surface area (TPSA) is 95.5 Å². The number of rotatable bonds is 9. The number of amides is 2. The molecule has 0 saturated heterocycles. The number of aliphatic hydroxyl groups excluding tert-OH is 1. The van der Waals surface area contributed by atoms with Gasteiger partial charge in [-0.3, -0.25) is 9.59 Å². The Balaban J connectivity index is 2.35. The molecule has 114 valence electrons. The summed E-state index contributed by atoms with van der Waals surface area (Å²) in [5.41, 5.74) is 1.65. The molecule has 0 fully saturated rings. The highest BCUT2D eigenvalue weighted by molar-refractivity contribution is 5.90. The van der Waals surface area contributed by atoms with Crippen LogP contribution in [0.2, 0.25) is 0 Å². The van der Waals surface area contributed by atoms with Crippen molar-refractivity contribution in [3.63, 3.8) is 0 Å². The molecule has 1 aromatic rings. The molecule has 0 radical (unpaired) electrons. The smallest absolute Gasteiger partial charge is 0.226 e. The fourth-order valence-electron chi connectivity index (χ4n) is 1.70. The maximum absolute atomic E-state index is 11.5. The first-order chi connectivity index (χ1) is 10.2. The van der Waals surface area contributed by atoms with Crippen LogP contribution in [0, 0.1) is 0 Å². The molecule has 1 aromatic carbocycles. The molecule has 2 amide bonds. The second-order valence-electron chi connectivity index (χ2n) is 4.52. The lowest BCUT2D eigenvalue weighted by atomic mass is 10.1. The lowest BCUT2D eigenvalue weighted by Gasteiger charge is -2.06. The van der Waals surface area contributed by atoms with Gasteiger partial charge in [-0.15, -0.1) is 0 Å². The predicted octanol–water partition coefficient (Wildman–Crippen LogP) is 0.645. The Morgan fingerprint density at radius 1 is 1.10 bits per heavy atom. The van der Waals surface area contributed by atoms with Gasteiger partial charge in [-0.2, -0.15) is 0 Å². The van der Waals surface area contributed by atoms with Gasteiger partial charge in [0.2, 0.25) is 11.8 Å². The number of hydrogen-bond acceptors (Lipinski definition) is 4. The number of hydrogen-bond donors (Lipinski definition) is 3. The Morgan fingerprint density at radius 3 is 2.43 bits per heavy atom. The maximum Gasteiger partial charge on any atom is 0.226 e. The summed E-state index contributed by atoms with van der Waals surface area (Å²) in [6, 6.07) is 7.20. The lowest BCUT2D eigenvalue weighted by molar-refractivity contribution is -0.121. The van der Waals surface area contributed by atoms with Gasteiger partial charge in [-0.25, -0.2) is 0 Å². The van der Waals surface area contributed by atoms with Crippen LogP contribution in [-0.4, -0.2) is 36.4 Å². The number of aryl methyl sites for hydroxylation is 1. The van der Waals surface area contributed by atoms with Crippen LogP contribution < -0.4 is 10.6 Å². The Bertz CT molecular complexity index is 471. The van der Waals surface area contributed by atoms with E-state index in [4.69, 9.17) is 5.11 Å². The largest absolute Gasteiger partial charge is 0.396 e. The zero-order valence-electron chi connectivity index (χ0n) is 11.8. The summed E-state index contributed by atoms with van der Waals surface area (Å²) in [6.07, 6.45) is 2.12. The first-order valence-corrected chi connectivity index (χ1v) is 6.85. The Kier molecular flexibility index (Phi) is 7.74. The average Bonchev–Trinajstić information content (AvgIpc) is 2.47. The van der Waals surface area contributed by atoms with Gasteiger partial charge < -0.3 is 20.5 Å². The van der Waals surface area contributed by atoms with Crippen molar-refractivity contribution in [2.45, 2.75) is 25.7 Å². The summed E-state index contributed by atoms with van der Waals surface area (Å²) in [5, 5.41) is 14.0. The summed E-state index contributed by atoms with van der Waals surface area (Å²) in [4.78, 5) is 32.9. The number of aliphatic hydroxyl groups is 1. The predicted molar refractivity (Wildman–Crippen MR) is 78.8 cm³/mol. The van der Waals surface area contributed by atoms with Gasteiger partial charge in [0, 0.05) is 25.1 Å². The highest BCUT2D eigenvalue weighted by Gasteiger charge is 2.03. The van der Waals surface area contributed by atoms with Crippen LogP contribution in [0.15, 0.2) is 24.3 Å². The molecule has 0 bridgehead atoms. The Hall–Kier alpha value is -2.21. The number of carbonyl (C=O) groups is 3. The number of anilines is 1. The third-order valence-corrected chi connectivity index (χ3v) is 2.80. The molecule has 0 atom stereocenters. The first kappa shape index (κ1) is 16.8. The number of nitrogens with one attached hydrogen (secondary N) is 2. The Morgan fingerprint density at radius 2 is 1.81 bits per heavy atom. The van der Waals surface area contributed by atoms with E-state index in [0.29, 0.717) is 31.5 Å². The van der Waals surface area contributed by atoms with E-state index in [2.05, 4.69) is 10.6 Å². The van der Waals surface area contributed by atoms with Gasteiger partial charge in [0.25, 0.3) is 0 Å². The van der Waals surface area contributed by atoms with Crippen LogP contribution in [0.3, 0.4) is 0 Å². The van der Waals surface area contributed by atoms with E-state index in [1.807, 2.05) is 12.1 Å². The molecule has 0 aliphatic carbocycles.